The zero-order valence-electron chi connectivity index (χ0n) is 15.8. The summed E-state index contributed by atoms with van der Waals surface area (Å²) in [6, 6.07) is 6.71. The number of piperidine rings is 1. The summed E-state index contributed by atoms with van der Waals surface area (Å²) in [6.45, 7) is 7.08. The fourth-order valence-corrected chi connectivity index (χ4v) is 4.29. The molecule has 26 heavy (non-hydrogen) atoms. The SMILES string of the molecule is C=CC(=O)NC1CCN(C(=O)Cc2ccc3c(c2)CCCC3)CC1CC. The van der Waals surface area contributed by atoms with Crippen molar-refractivity contribution in [1.82, 2.24) is 10.2 Å². The van der Waals surface area contributed by atoms with Crippen molar-refractivity contribution in [2.24, 2.45) is 5.92 Å². The Morgan fingerprint density at radius 3 is 2.77 bits per heavy atom. The van der Waals surface area contributed by atoms with Gasteiger partial charge in [-0.1, -0.05) is 31.7 Å². The third-order valence-electron chi connectivity index (χ3n) is 5.89. The van der Waals surface area contributed by atoms with Crippen LogP contribution < -0.4 is 5.32 Å². The van der Waals surface area contributed by atoms with Crippen LogP contribution in [0.4, 0.5) is 0 Å². The fraction of sp³-hybridized carbons (Fsp3) is 0.545. The maximum atomic E-state index is 12.8. The van der Waals surface area contributed by atoms with E-state index in [4.69, 9.17) is 0 Å². The second-order valence-electron chi connectivity index (χ2n) is 7.60. The molecule has 1 heterocycles. The summed E-state index contributed by atoms with van der Waals surface area (Å²) in [4.78, 5) is 26.4. The van der Waals surface area contributed by atoms with E-state index < -0.39 is 0 Å². The molecule has 1 aliphatic carbocycles. The molecule has 0 radical (unpaired) electrons. The molecule has 0 saturated carbocycles. The smallest absolute Gasteiger partial charge is 0.243 e. The van der Waals surface area contributed by atoms with Crippen LogP contribution in [-0.4, -0.2) is 35.8 Å². The molecular weight excluding hydrogens is 324 g/mol. The van der Waals surface area contributed by atoms with E-state index in [2.05, 4.69) is 37.0 Å². The quantitative estimate of drug-likeness (QED) is 0.826. The Morgan fingerprint density at radius 2 is 2.04 bits per heavy atom. The number of carbonyl (C=O) groups is 2. The summed E-state index contributed by atoms with van der Waals surface area (Å²) < 4.78 is 0. The van der Waals surface area contributed by atoms with Crippen LogP contribution in [0, 0.1) is 5.92 Å². The number of nitrogens with zero attached hydrogens (tertiary/aromatic N) is 1. The standard InChI is InChI=1S/C22H30N2O2/c1-3-17-15-24(12-11-20(17)23-21(25)4-2)22(26)14-16-9-10-18-7-5-6-8-19(18)13-16/h4,9-10,13,17,20H,2-3,5-8,11-12,14-15H2,1H3,(H,23,25). The molecule has 2 atom stereocenters. The Hall–Kier alpha value is -2.10. The van der Waals surface area contributed by atoms with Crippen LogP contribution in [0.5, 0.6) is 0 Å². The molecule has 1 aromatic carbocycles. The van der Waals surface area contributed by atoms with E-state index >= 15 is 0 Å². The minimum absolute atomic E-state index is 0.123. The lowest BCUT2D eigenvalue weighted by Crippen LogP contribution is -2.52. The maximum absolute atomic E-state index is 12.8. The third kappa shape index (κ3) is 4.35. The molecule has 1 aliphatic heterocycles. The van der Waals surface area contributed by atoms with Gasteiger partial charge in [0, 0.05) is 19.1 Å². The first kappa shape index (κ1) is 18.7. The van der Waals surface area contributed by atoms with E-state index in [9.17, 15) is 9.59 Å². The maximum Gasteiger partial charge on any atom is 0.243 e. The van der Waals surface area contributed by atoms with Gasteiger partial charge in [0.2, 0.25) is 11.8 Å². The highest BCUT2D eigenvalue weighted by atomic mass is 16.2. The molecule has 2 unspecified atom stereocenters. The van der Waals surface area contributed by atoms with Crippen LogP contribution in [0.2, 0.25) is 0 Å². The van der Waals surface area contributed by atoms with Gasteiger partial charge in [-0.25, -0.2) is 0 Å². The van der Waals surface area contributed by atoms with Crippen LogP contribution >= 0.6 is 0 Å². The molecule has 140 valence electrons. The van der Waals surface area contributed by atoms with Crippen molar-refractivity contribution in [3.8, 4) is 0 Å². The van der Waals surface area contributed by atoms with Crippen molar-refractivity contribution in [2.45, 2.75) is 57.9 Å². The molecular formula is C22H30N2O2. The van der Waals surface area contributed by atoms with Crippen molar-refractivity contribution >= 4 is 11.8 Å². The van der Waals surface area contributed by atoms with Crippen LogP contribution in [-0.2, 0) is 28.9 Å². The van der Waals surface area contributed by atoms with E-state index in [1.165, 1.54) is 36.5 Å². The molecule has 2 aliphatic rings. The Balaban J connectivity index is 1.60. The van der Waals surface area contributed by atoms with Crippen molar-refractivity contribution in [3.63, 3.8) is 0 Å². The zero-order valence-corrected chi connectivity index (χ0v) is 15.8. The average Bonchev–Trinajstić information content (AvgIpc) is 2.68. The van der Waals surface area contributed by atoms with E-state index in [-0.39, 0.29) is 17.9 Å². The van der Waals surface area contributed by atoms with Crippen LogP contribution in [0.25, 0.3) is 0 Å². The minimum Gasteiger partial charge on any atom is -0.349 e. The van der Waals surface area contributed by atoms with Crippen molar-refractivity contribution in [2.75, 3.05) is 13.1 Å². The second-order valence-corrected chi connectivity index (χ2v) is 7.60. The molecule has 1 saturated heterocycles. The van der Waals surface area contributed by atoms with Gasteiger partial charge in [0.05, 0.1) is 6.42 Å². The molecule has 1 aromatic rings. The van der Waals surface area contributed by atoms with Gasteiger partial charge in [0.1, 0.15) is 0 Å². The Bertz CT molecular complexity index is 683. The monoisotopic (exact) mass is 354 g/mol. The van der Waals surface area contributed by atoms with E-state index in [1.807, 2.05) is 4.90 Å². The molecule has 0 spiro atoms. The number of benzene rings is 1. The van der Waals surface area contributed by atoms with Gasteiger partial charge in [-0.2, -0.15) is 0 Å². The van der Waals surface area contributed by atoms with Crippen molar-refractivity contribution in [1.29, 1.82) is 0 Å². The molecule has 1 N–H and O–H groups in total. The number of hydrogen-bond donors (Lipinski definition) is 1. The molecule has 2 amide bonds. The Kier molecular flexibility index (Phi) is 6.12. The molecule has 4 heteroatoms. The number of rotatable bonds is 5. The van der Waals surface area contributed by atoms with Crippen LogP contribution in [0.1, 0.15) is 49.3 Å². The lowest BCUT2D eigenvalue weighted by atomic mass is 9.88. The summed E-state index contributed by atoms with van der Waals surface area (Å²) in [5, 5.41) is 3.02. The lowest BCUT2D eigenvalue weighted by Gasteiger charge is -2.38. The number of aryl methyl sites for hydroxylation is 2. The summed E-state index contributed by atoms with van der Waals surface area (Å²) >= 11 is 0. The van der Waals surface area contributed by atoms with E-state index in [0.29, 0.717) is 18.9 Å². The van der Waals surface area contributed by atoms with Gasteiger partial charge in [-0.05, 0) is 67.2 Å². The summed E-state index contributed by atoms with van der Waals surface area (Å²) in [5.74, 6) is 0.384. The molecule has 3 rings (SSSR count). The number of nitrogens with one attached hydrogen (secondary N) is 1. The largest absolute Gasteiger partial charge is 0.349 e. The Labute approximate surface area is 156 Å². The van der Waals surface area contributed by atoms with Crippen molar-refractivity contribution in [3.05, 3.63) is 47.5 Å². The highest BCUT2D eigenvalue weighted by Crippen LogP contribution is 2.24. The van der Waals surface area contributed by atoms with Crippen LogP contribution in [0.3, 0.4) is 0 Å². The second kappa shape index (κ2) is 8.52. The van der Waals surface area contributed by atoms with Gasteiger partial charge in [-0.15, -0.1) is 0 Å². The first-order valence-corrected chi connectivity index (χ1v) is 9.92. The summed E-state index contributed by atoms with van der Waals surface area (Å²) in [5.41, 5.74) is 4.02. The predicted molar refractivity (Wildman–Crippen MR) is 104 cm³/mol. The number of fused-ring (bicyclic) bond motifs is 1. The highest BCUT2D eigenvalue weighted by Gasteiger charge is 2.31. The summed E-state index contributed by atoms with van der Waals surface area (Å²) in [6.07, 6.45) is 8.41. The first-order valence-electron chi connectivity index (χ1n) is 9.92. The summed E-state index contributed by atoms with van der Waals surface area (Å²) in [7, 11) is 0. The number of carbonyl (C=O) groups excluding carboxylic acids is 2. The third-order valence-corrected chi connectivity index (χ3v) is 5.89. The Morgan fingerprint density at radius 1 is 1.27 bits per heavy atom. The van der Waals surface area contributed by atoms with E-state index in [1.54, 1.807) is 0 Å². The first-order chi connectivity index (χ1) is 12.6. The number of amides is 2. The molecule has 4 nitrogen and oxygen atoms in total. The molecule has 1 fully saturated rings. The van der Waals surface area contributed by atoms with Gasteiger partial charge >= 0.3 is 0 Å². The highest BCUT2D eigenvalue weighted by molar-refractivity contribution is 5.87. The van der Waals surface area contributed by atoms with Gasteiger partial charge in [-0.3, -0.25) is 9.59 Å². The number of hydrogen-bond acceptors (Lipinski definition) is 2. The zero-order chi connectivity index (χ0) is 18.5. The van der Waals surface area contributed by atoms with Crippen molar-refractivity contribution < 1.29 is 9.59 Å². The predicted octanol–water partition coefficient (Wildman–Crippen LogP) is 3.04. The van der Waals surface area contributed by atoms with Crippen LogP contribution in [0.15, 0.2) is 30.9 Å². The average molecular weight is 354 g/mol. The normalized spacial score (nSPS) is 22.4. The van der Waals surface area contributed by atoms with Gasteiger partial charge in [0.25, 0.3) is 0 Å². The molecule has 0 aromatic heterocycles. The van der Waals surface area contributed by atoms with E-state index in [0.717, 1.165) is 31.4 Å². The topological polar surface area (TPSA) is 49.4 Å². The van der Waals surface area contributed by atoms with Gasteiger partial charge in [0.15, 0.2) is 0 Å². The molecule has 0 bridgehead atoms. The fourth-order valence-electron chi connectivity index (χ4n) is 4.29. The lowest BCUT2D eigenvalue weighted by molar-refractivity contribution is -0.132. The van der Waals surface area contributed by atoms with Gasteiger partial charge < -0.3 is 10.2 Å². The minimum atomic E-state index is -0.123. The number of likely N-dealkylation sites (tertiary alicyclic amines) is 1.